The molecule has 0 N–H and O–H groups in total. The van der Waals surface area contributed by atoms with E-state index in [0.717, 1.165) is 12.1 Å². The standard InChI is InChI=1S/C8F3N5/c9-5-3(1-12)7(11)8(15-16-14)4(2-13)6(5)10. The first-order valence-corrected chi connectivity index (χ1v) is 3.64. The molecule has 0 aliphatic carbocycles. The fourth-order valence-corrected chi connectivity index (χ4v) is 0.987. The lowest BCUT2D eigenvalue weighted by Crippen LogP contribution is -2.00. The van der Waals surface area contributed by atoms with Crippen LogP contribution in [0, 0.1) is 40.1 Å². The van der Waals surface area contributed by atoms with Crippen LogP contribution in [0.2, 0.25) is 0 Å². The zero-order valence-electron chi connectivity index (χ0n) is 7.37. The van der Waals surface area contributed by atoms with Crippen molar-refractivity contribution >= 4 is 5.69 Å². The van der Waals surface area contributed by atoms with Crippen molar-refractivity contribution < 1.29 is 13.2 Å². The first-order valence-electron chi connectivity index (χ1n) is 3.64. The minimum Gasteiger partial charge on any atom is -0.205 e. The molecule has 0 radical (unpaired) electrons. The summed E-state index contributed by atoms with van der Waals surface area (Å²) in [5, 5.41) is 19.5. The summed E-state index contributed by atoms with van der Waals surface area (Å²) in [6, 6.07) is 2.22. The molecule has 1 aromatic carbocycles. The largest absolute Gasteiger partial charge is 0.205 e. The predicted octanol–water partition coefficient (Wildman–Crippen LogP) is 2.79. The van der Waals surface area contributed by atoms with Gasteiger partial charge in [0.15, 0.2) is 17.5 Å². The van der Waals surface area contributed by atoms with E-state index >= 15 is 0 Å². The second kappa shape index (κ2) is 4.22. The number of hydrogen-bond acceptors (Lipinski definition) is 3. The summed E-state index contributed by atoms with van der Waals surface area (Å²) in [5.74, 6) is -5.06. The Labute approximate surface area is 86.6 Å². The van der Waals surface area contributed by atoms with E-state index in [9.17, 15) is 13.2 Å². The number of benzene rings is 1. The van der Waals surface area contributed by atoms with Crippen LogP contribution in [0.1, 0.15) is 11.1 Å². The monoisotopic (exact) mass is 223 g/mol. The van der Waals surface area contributed by atoms with Crippen molar-refractivity contribution in [3.8, 4) is 12.1 Å². The summed E-state index contributed by atoms with van der Waals surface area (Å²) in [6.07, 6.45) is 0. The van der Waals surface area contributed by atoms with Gasteiger partial charge in [-0.15, -0.1) is 0 Å². The summed E-state index contributed by atoms with van der Waals surface area (Å²) in [6.45, 7) is 0. The van der Waals surface area contributed by atoms with Gasteiger partial charge in [-0.1, -0.05) is 5.11 Å². The smallest absolute Gasteiger partial charge is 0.180 e. The molecule has 0 unspecified atom stereocenters. The topological polar surface area (TPSA) is 96.3 Å². The van der Waals surface area contributed by atoms with E-state index < -0.39 is 34.3 Å². The van der Waals surface area contributed by atoms with Gasteiger partial charge in [-0.3, -0.25) is 0 Å². The Bertz CT molecular complexity index is 589. The van der Waals surface area contributed by atoms with Crippen LogP contribution < -0.4 is 0 Å². The molecule has 0 heterocycles. The molecule has 0 aliphatic rings. The Kier molecular flexibility index (Phi) is 3.00. The lowest BCUT2D eigenvalue weighted by Gasteiger charge is -2.03. The van der Waals surface area contributed by atoms with Gasteiger partial charge >= 0.3 is 0 Å². The molecule has 1 aromatic rings. The van der Waals surface area contributed by atoms with Gasteiger partial charge in [0, 0.05) is 4.91 Å². The van der Waals surface area contributed by atoms with E-state index in [4.69, 9.17) is 16.1 Å². The second-order valence-electron chi connectivity index (χ2n) is 2.45. The van der Waals surface area contributed by atoms with E-state index in [1.807, 2.05) is 0 Å². The Morgan fingerprint density at radius 3 is 1.94 bits per heavy atom. The zero-order chi connectivity index (χ0) is 12.3. The van der Waals surface area contributed by atoms with E-state index in [0.29, 0.717) is 0 Å². The van der Waals surface area contributed by atoms with Gasteiger partial charge < -0.3 is 0 Å². The second-order valence-corrected chi connectivity index (χ2v) is 2.45. The minimum atomic E-state index is -1.78. The highest BCUT2D eigenvalue weighted by Crippen LogP contribution is 2.30. The SMILES string of the molecule is N#Cc1c(F)c(F)c(C#N)c(N=[N+]=[N-])c1F. The van der Waals surface area contributed by atoms with Crippen molar-refractivity contribution in [3.63, 3.8) is 0 Å². The number of hydrogen-bond donors (Lipinski definition) is 0. The van der Waals surface area contributed by atoms with E-state index in [-0.39, 0.29) is 0 Å². The summed E-state index contributed by atoms with van der Waals surface area (Å²) in [7, 11) is 0. The Morgan fingerprint density at radius 1 is 1.00 bits per heavy atom. The highest BCUT2D eigenvalue weighted by atomic mass is 19.2. The van der Waals surface area contributed by atoms with Gasteiger partial charge in [-0.2, -0.15) is 10.5 Å². The molecule has 0 atom stereocenters. The van der Waals surface area contributed by atoms with Gasteiger partial charge in [-0.05, 0) is 5.53 Å². The van der Waals surface area contributed by atoms with Crippen LogP contribution in [0.5, 0.6) is 0 Å². The molecule has 0 saturated heterocycles. The first-order chi connectivity index (χ1) is 7.58. The Morgan fingerprint density at radius 2 is 1.50 bits per heavy atom. The molecule has 5 nitrogen and oxygen atoms in total. The van der Waals surface area contributed by atoms with Gasteiger partial charge in [0.1, 0.15) is 23.3 Å². The molecule has 0 spiro atoms. The molecule has 8 heteroatoms. The highest BCUT2D eigenvalue weighted by Gasteiger charge is 2.24. The number of rotatable bonds is 1. The summed E-state index contributed by atoms with van der Waals surface area (Å²) < 4.78 is 39.4. The number of nitriles is 2. The van der Waals surface area contributed by atoms with Gasteiger partial charge in [0.25, 0.3) is 0 Å². The molecular formula is C8F3N5. The number of azide groups is 1. The van der Waals surface area contributed by atoms with Crippen molar-refractivity contribution in [2.24, 2.45) is 5.11 Å². The van der Waals surface area contributed by atoms with E-state index in [1.54, 1.807) is 0 Å². The lowest BCUT2D eigenvalue weighted by atomic mass is 10.1. The maximum absolute atomic E-state index is 13.3. The third-order valence-corrected chi connectivity index (χ3v) is 1.66. The molecule has 0 aliphatic heterocycles. The molecule has 78 valence electrons. The zero-order valence-corrected chi connectivity index (χ0v) is 7.37. The summed E-state index contributed by atoms with van der Waals surface area (Å²) in [4.78, 5) is 2.16. The molecule has 0 saturated carbocycles. The van der Waals surface area contributed by atoms with Crippen LogP contribution >= 0.6 is 0 Å². The normalized spacial score (nSPS) is 8.81. The van der Waals surface area contributed by atoms with Crippen molar-refractivity contribution in [2.45, 2.75) is 0 Å². The average Bonchev–Trinajstić information content (AvgIpc) is 2.27. The predicted molar refractivity (Wildman–Crippen MR) is 44.6 cm³/mol. The highest BCUT2D eigenvalue weighted by molar-refractivity contribution is 5.59. The molecule has 0 aromatic heterocycles. The van der Waals surface area contributed by atoms with Crippen molar-refractivity contribution in [3.05, 3.63) is 39.0 Å². The van der Waals surface area contributed by atoms with E-state index in [2.05, 4.69) is 10.0 Å². The number of nitrogens with zero attached hydrogens (tertiary/aromatic N) is 5. The van der Waals surface area contributed by atoms with Crippen LogP contribution in [0.4, 0.5) is 18.9 Å². The summed E-state index contributed by atoms with van der Waals surface area (Å²) in [5.41, 5.74) is 4.73. The molecule has 0 fully saturated rings. The minimum absolute atomic E-state index is 1.03. The Balaban J connectivity index is 3.88. The third kappa shape index (κ3) is 1.50. The van der Waals surface area contributed by atoms with Gasteiger partial charge in [0.05, 0.1) is 5.69 Å². The third-order valence-electron chi connectivity index (χ3n) is 1.66. The Hall–Kier alpha value is -2.70. The van der Waals surface area contributed by atoms with Crippen LogP contribution in [0.25, 0.3) is 10.4 Å². The molecule has 16 heavy (non-hydrogen) atoms. The lowest BCUT2D eigenvalue weighted by molar-refractivity contribution is 0.490. The maximum Gasteiger partial charge on any atom is 0.180 e. The van der Waals surface area contributed by atoms with Crippen LogP contribution in [-0.4, -0.2) is 0 Å². The van der Waals surface area contributed by atoms with Gasteiger partial charge in [0.2, 0.25) is 0 Å². The fraction of sp³-hybridized carbons (Fsp3) is 0. The van der Waals surface area contributed by atoms with Crippen molar-refractivity contribution in [1.82, 2.24) is 0 Å². The average molecular weight is 223 g/mol. The first kappa shape index (κ1) is 11.4. The molecule has 0 amide bonds. The maximum atomic E-state index is 13.3. The molecular weight excluding hydrogens is 223 g/mol. The summed E-state index contributed by atoms with van der Waals surface area (Å²) >= 11 is 0. The van der Waals surface area contributed by atoms with Crippen LogP contribution in [0.3, 0.4) is 0 Å². The van der Waals surface area contributed by atoms with Crippen molar-refractivity contribution in [1.29, 1.82) is 10.5 Å². The van der Waals surface area contributed by atoms with E-state index in [1.165, 1.54) is 0 Å². The molecule has 1 rings (SSSR count). The van der Waals surface area contributed by atoms with Crippen LogP contribution in [0.15, 0.2) is 5.11 Å². The molecule has 0 bridgehead atoms. The van der Waals surface area contributed by atoms with Crippen LogP contribution in [-0.2, 0) is 0 Å². The fourth-order valence-electron chi connectivity index (χ4n) is 0.987. The number of halogens is 3. The van der Waals surface area contributed by atoms with Gasteiger partial charge in [-0.25, -0.2) is 13.2 Å². The quantitative estimate of drug-likeness (QED) is 0.316. The van der Waals surface area contributed by atoms with Crippen molar-refractivity contribution in [2.75, 3.05) is 0 Å².